The fourth-order valence-electron chi connectivity index (χ4n) is 3.29. The molecule has 0 saturated carbocycles. The predicted octanol–water partition coefficient (Wildman–Crippen LogP) is 5.89. The van der Waals surface area contributed by atoms with Crippen LogP contribution in [0, 0.1) is 0 Å². The Labute approximate surface area is 152 Å². The van der Waals surface area contributed by atoms with Crippen LogP contribution in [0.4, 0.5) is 0 Å². The fourth-order valence-corrected chi connectivity index (χ4v) is 3.49. The van der Waals surface area contributed by atoms with Crippen LogP contribution < -0.4 is 0 Å². The van der Waals surface area contributed by atoms with Gasteiger partial charge in [0.2, 0.25) is 0 Å². The molecule has 25 heavy (non-hydrogen) atoms. The van der Waals surface area contributed by atoms with E-state index in [4.69, 9.17) is 11.6 Å². The summed E-state index contributed by atoms with van der Waals surface area (Å²) in [5.74, 6) is 0.268. The molecule has 0 atom stereocenters. The van der Waals surface area contributed by atoms with Gasteiger partial charge < -0.3 is 5.11 Å². The molecular formula is C23H17ClO. The van der Waals surface area contributed by atoms with Crippen LogP contribution >= 0.6 is 11.6 Å². The standard InChI is InChI=1S/C23H17ClO/c24-19-10-14-22-18(15-19)9-8-17-3-1-2-4-21(17)23(22)13-7-16-5-11-20(25)12-6-16/h1-7,10-12,14-15,25H,8-9H2. The fraction of sp³-hybridized carbons (Fsp3) is 0.0870. The molecule has 0 fully saturated rings. The van der Waals surface area contributed by atoms with Crippen molar-refractivity contribution >= 4 is 23.3 Å². The monoisotopic (exact) mass is 344 g/mol. The Morgan fingerprint density at radius 3 is 2.40 bits per heavy atom. The summed E-state index contributed by atoms with van der Waals surface area (Å²) in [7, 11) is 0. The highest BCUT2D eigenvalue weighted by Gasteiger charge is 2.17. The van der Waals surface area contributed by atoms with Gasteiger partial charge in [0, 0.05) is 10.6 Å². The van der Waals surface area contributed by atoms with E-state index < -0.39 is 0 Å². The van der Waals surface area contributed by atoms with Crippen LogP contribution in [0.3, 0.4) is 0 Å². The quantitative estimate of drug-likeness (QED) is 0.546. The summed E-state index contributed by atoms with van der Waals surface area (Å²) in [6.45, 7) is 0. The molecule has 2 heteroatoms. The van der Waals surface area contributed by atoms with Crippen molar-refractivity contribution in [2.75, 3.05) is 0 Å². The first-order valence-corrected chi connectivity index (χ1v) is 8.71. The number of phenolic OH excluding ortho intramolecular Hbond substituents is 1. The van der Waals surface area contributed by atoms with E-state index in [9.17, 15) is 5.11 Å². The van der Waals surface area contributed by atoms with Crippen molar-refractivity contribution in [1.29, 1.82) is 0 Å². The van der Waals surface area contributed by atoms with Gasteiger partial charge in [0.1, 0.15) is 5.75 Å². The van der Waals surface area contributed by atoms with E-state index in [2.05, 4.69) is 42.1 Å². The molecule has 122 valence electrons. The van der Waals surface area contributed by atoms with Gasteiger partial charge in [-0.05, 0) is 71.0 Å². The lowest BCUT2D eigenvalue weighted by molar-refractivity contribution is 0.475. The van der Waals surface area contributed by atoms with Crippen molar-refractivity contribution in [2.24, 2.45) is 0 Å². The predicted molar refractivity (Wildman–Crippen MR) is 104 cm³/mol. The number of hydrogen-bond donors (Lipinski definition) is 1. The molecule has 1 N–H and O–H groups in total. The van der Waals surface area contributed by atoms with E-state index >= 15 is 0 Å². The highest BCUT2D eigenvalue weighted by atomic mass is 35.5. The Balaban J connectivity index is 1.93. The van der Waals surface area contributed by atoms with Crippen LogP contribution in [-0.2, 0) is 12.8 Å². The highest BCUT2D eigenvalue weighted by Crippen LogP contribution is 2.34. The van der Waals surface area contributed by atoms with E-state index in [1.807, 2.05) is 24.3 Å². The summed E-state index contributed by atoms with van der Waals surface area (Å²) in [5, 5.41) is 10.2. The second-order valence-electron chi connectivity index (χ2n) is 6.21. The van der Waals surface area contributed by atoms with Crippen molar-refractivity contribution in [3.63, 3.8) is 0 Å². The zero-order valence-corrected chi connectivity index (χ0v) is 14.4. The number of fused-ring (bicyclic) bond motifs is 2. The molecule has 3 aromatic carbocycles. The highest BCUT2D eigenvalue weighted by molar-refractivity contribution is 6.30. The van der Waals surface area contributed by atoms with Gasteiger partial charge in [-0.15, -0.1) is 5.73 Å². The third kappa shape index (κ3) is 3.25. The van der Waals surface area contributed by atoms with Crippen LogP contribution in [-0.4, -0.2) is 5.11 Å². The molecule has 0 saturated heterocycles. The summed E-state index contributed by atoms with van der Waals surface area (Å²) < 4.78 is 0. The Hall–Kier alpha value is -2.73. The van der Waals surface area contributed by atoms with Crippen molar-refractivity contribution in [3.8, 4) is 5.75 Å². The SMILES string of the molecule is Oc1ccc(C=C=C2c3ccccc3CCc3cc(Cl)ccc32)cc1. The summed E-state index contributed by atoms with van der Waals surface area (Å²) in [4.78, 5) is 0. The zero-order chi connectivity index (χ0) is 17.2. The van der Waals surface area contributed by atoms with Crippen LogP contribution in [0.2, 0.25) is 5.02 Å². The number of aryl methyl sites for hydroxylation is 2. The van der Waals surface area contributed by atoms with E-state index in [1.54, 1.807) is 12.1 Å². The van der Waals surface area contributed by atoms with Gasteiger partial charge in [0.15, 0.2) is 0 Å². The maximum atomic E-state index is 9.45. The maximum Gasteiger partial charge on any atom is 0.115 e. The largest absolute Gasteiger partial charge is 0.508 e. The van der Waals surface area contributed by atoms with Crippen LogP contribution in [0.5, 0.6) is 5.75 Å². The van der Waals surface area contributed by atoms with Gasteiger partial charge in [-0.2, -0.15) is 0 Å². The van der Waals surface area contributed by atoms with E-state index in [-0.39, 0.29) is 5.75 Å². The minimum absolute atomic E-state index is 0.268. The molecule has 0 aromatic heterocycles. The maximum absolute atomic E-state index is 9.45. The van der Waals surface area contributed by atoms with Crippen LogP contribution in [0.25, 0.3) is 11.6 Å². The molecule has 0 amide bonds. The molecule has 1 nitrogen and oxygen atoms in total. The lowest BCUT2D eigenvalue weighted by Gasteiger charge is -2.09. The summed E-state index contributed by atoms with van der Waals surface area (Å²) >= 11 is 6.22. The molecule has 0 radical (unpaired) electrons. The number of halogens is 1. The van der Waals surface area contributed by atoms with Crippen LogP contribution in [0.15, 0.2) is 72.5 Å². The minimum atomic E-state index is 0.268. The topological polar surface area (TPSA) is 20.2 Å². The van der Waals surface area contributed by atoms with Crippen molar-refractivity contribution < 1.29 is 5.11 Å². The molecule has 0 aliphatic heterocycles. The number of rotatable bonds is 1. The second kappa shape index (κ2) is 6.64. The molecule has 0 heterocycles. The van der Waals surface area contributed by atoms with E-state index in [0.29, 0.717) is 0 Å². The molecule has 3 aromatic rings. The number of phenols is 1. The first kappa shape index (κ1) is 15.8. The number of aromatic hydroxyl groups is 1. The van der Waals surface area contributed by atoms with Gasteiger partial charge in [-0.25, -0.2) is 0 Å². The van der Waals surface area contributed by atoms with Gasteiger partial charge >= 0.3 is 0 Å². The van der Waals surface area contributed by atoms with Crippen LogP contribution in [0.1, 0.15) is 27.8 Å². The Bertz CT molecular complexity index is 993. The molecule has 4 rings (SSSR count). The minimum Gasteiger partial charge on any atom is -0.508 e. The Kier molecular flexibility index (Phi) is 4.19. The second-order valence-corrected chi connectivity index (χ2v) is 6.65. The molecule has 0 unspecified atom stereocenters. The van der Waals surface area contributed by atoms with Gasteiger partial charge in [0.25, 0.3) is 0 Å². The first-order chi connectivity index (χ1) is 12.2. The number of hydrogen-bond acceptors (Lipinski definition) is 1. The summed E-state index contributed by atoms with van der Waals surface area (Å²) in [6, 6.07) is 21.7. The van der Waals surface area contributed by atoms with Gasteiger partial charge in [-0.1, -0.05) is 54.1 Å². The lowest BCUT2D eigenvalue weighted by Crippen LogP contribution is -1.91. The normalized spacial score (nSPS) is 12.6. The average Bonchev–Trinajstić information content (AvgIpc) is 2.78. The Morgan fingerprint density at radius 1 is 0.840 bits per heavy atom. The molecule has 1 aliphatic rings. The smallest absolute Gasteiger partial charge is 0.115 e. The molecule has 1 aliphatic carbocycles. The molecule has 0 bridgehead atoms. The van der Waals surface area contributed by atoms with Gasteiger partial charge in [-0.3, -0.25) is 0 Å². The van der Waals surface area contributed by atoms with Crippen molar-refractivity contribution in [2.45, 2.75) is 12.8 Å². The van der Waals surface area contributed by atoms with Gasteiger partial charge in [0.05, 0.1) is 0 Å². The van der Waals surface area contributed by atoms with E-state index in [0.717, 1.165) is 29.0 Å². The van der Waals surface area contributed by atoms with E-state index in [1.165, 1.54) is 22.3 Å². The molecule has 0 spiro atoms. The summed E-state index contributed by atoms with van der Waals surface area (Å²) in [6.07, 6.45) is 3.93. The number of benzene rings is 3. The lowest BCUT2D eigenvalue weighted by atomic mass is 9.94. The summed E-state index contributed by atoms with van der Waals surface area (Å²) in [5.41, 5.74) is 10.6. The average molecular weight is 345 g/mol. The Morgan fingerprint density at radius 2 is 1.56 bits per heavy atom. The third-order valence-corrected chi connectivity index (χ3v) is 4.80. The zero-order valence-electron chi connectivity index (χ0n) is 13.7. The molecular weight excluding hydrogens is 328 g/mol. The van der Waals surface area contributed by atoms with Crippen molar-refractivity contribution in [3.05, 3.63) is 105 Å². The third-order valence-electron chi connectivity index (χ3n) is 4.56. The van der Waals surface area contributed by atoms with Crippen molar-refractivity contribution in [1.82, 2.24) is 0 Å². The first-order valence-electron chi connectivity index (χ1n) is 8.33.